The van der Waals surface area contributed by atoms with Gasteiger partial charge in [0, 0.05) is 16.1 Å². The number of halogens is 1. The van der Waals surface area contributed by atoms with E-state index in [9.17, 15) is 13.2 Å². The van der Waals surface area contributed by atoms with E-state index in [2.05, 4.69) is 5.32 Å². The molecule has 0 saturated heterocycles. The van der Waals surface area contributed by atoms with E-state index < -0.39 is 15.9 Å². The third kappa shape index (κ3) is 6.32. The monoisotopic (exact) mass is 430 g/mol. The van der Waals surface area contributed by atoms with Crippen LogP contribution in [0.2, 0.25) is 5.02 Å². The molecule has 0 radical (unpaired) electrons. The summed E-state index contributed by atoms with van der Waals surface area (Å²) in [5.41, 5.74) is 1.22. The summed E-state index contributed by atoms with van der Waals surface area (Å²) in [4.78, 5) is 12.5. The highest BCUT2D eigenvalue weighted by Crippen LogP contribution is 2.16. The second-order valence-electron chi connectivity index (χ2n) is 6.16. The fourth-order valence-electron chi connectivity index (χ4n) is 2.55. The molecule has 0 atom stereocenters. The van der Waals surface area contributed by atoms with Crippen LogP contribution in [0.15, 0.2) is 82.8 Å². The summed E-state index contributed by atoms with van der Waals surface area (Å²) in [7, 11) is -3.89. The van der Waals surface area contributed by atoms with Gasteiger partial charge in [-0.2, -0.15) is 4.31 Å². The van der Waals surface area contributed by atoms with Gasteiger partial charge < -0.3 is 9.73 Å². The summed E-state index contributed by atoms with van der Waals surface area (Å²) in [6, 6.07) is 19.0. The Morgan fingerprint density at radius 1 is 1.07 bits per heavy atom. The molecule has 0 saturated carbocycles. The molecule has 0 aliphatic rings. The molecule has 1 heterocycles. The third-order valence-electron chi connectivity index (χ3n) is 3.93. The van der Waals surface area contributed by atoms with Crippen molar-refractivity contribution in [2.75, 3.05) is 11.9 Å². The molecule has 1 aromatic heterocycles. The van der Waals surface area contributed by atoms with Gasteiger partial charge in [-0.05, 0) is 42.0 Å². The second kappa shape index (κ2) is 9.56. The number of anilines is 1. The van der Waals surface area contributed by atoms with Crippen LogP contribution < -0.4 is 5.32 Å². The Morgan fingerprint density at radius 3 is 2.55 bits per heavy atom. The molecule has 150 valence electrons. The van der Waals surface area contributed by atoms with E-state index in [1.165, 1.54) is 12.3 Å². The number of carbonyl (C=O) groups is 1. The van der Waals surface area contributed by atoms with Crippen LogP contribution in [0.4, 0.5) is 5.69 Å². The van der Waals surface area contributed by atoms with Gasteiger partial charge in [0.1, 0.15) is 5.76 Å². The van der Waals surface area contributed by atoms with Gasteiger partial charge in [-0.15, -0.1) is 0 Å². The van der Waals surface area contributed by atoms with E-state index in [1.807, 2.05) is 18.2 Å². The highest BCUT2D eigenvalue weighted by molar-refractivity contribution is 7.92. The number of hydrogen-bond donors (Lipinski definition) is 1. The van der Waals surface area contributed by atoms with Gasteiger partial charge >= 0.3 is 0 Å². The lowest BCUT2D eigenvalue weighted by molar-refractivity contribution is -0.116. The van der Waals surface area contributed by atoms with Crippen LogP contribution in [0.3, 0.4) is 0 Å². The maximum atomic E-state index is 12.9. The Labute approximate surface area is 174 Å². The van der Waals surface area contributed by atoms with Crippen LogP contribution >= 0.6 is 11.6 Å². The number of sulfonamides is 1. The van der Waals surface area contributed by atoms with Crippen molar-refractivity contribution in [3.63, 3.8) is 0 Å². The topological polar surface area (TPSA) is 79.6 Å². The van der Waals surface area contributed by atoms with Gasteiger partial charge in [0.05, 0.1) is 19.4 Å². The highest BCUT2D eigenvalue weighted by atomic mass is 35.5. The minimum absolute atomic E-state index is 0.0720. The number of nitrogens with zero attached hydrogens (tertiary/aromatic N) is 1. The first-order valence-corrected chi connectivity index (χ1v) is 10.6. The van der Waals surface area contributed by atoms with Crippen molar-refractivity contribution in [2.24, 2.45) is 0 Å². The first-order valence-electron chi connectivity index (χ1n) is 8.73. The van der Waals surface area contributed by atoms with Gasteiger partial charge in [-0.25, -0.2) is 8.42 Å². The third-order valence-corrected chi connectivity index (χ3v) is 5.63. The van der Waals surface area contributed by atoms with Crippen LogP contribution in [-0.2, 0) is 21.4 Å². The minimum Gasteiger partial charge on any atom is -0.468 e. The summed E-state index contributed by atoms with van der Waals surface area (Å²) < 4.78 is 32.0. The van der Waals surface area contributed by atoms with Crippen molar-refractivity contribution in [3.8, 4) is 0 Å². The fraction of sp³-hybridized carbons (Fsp3) is 0.0952. The predicted molar refractivity (Wildman–Crippen MR) is 114 cm³/mol. The Morgan fingerprint density at radius 2 is 1.86 bits per heavy atom. The maximum absolute atomic E-state index is 12.9. The predicted octanol–water partition coefficient (Wildman–Crippen LogP) is 4.37. The first kappa shape index (κ1) is 20.9. The lowest BCUT2D eigenvalue weighted by atomic mass is 10.2. The van der Waals surface area contributed by atoms with Crippen molar-refractivity contribution in [2.45, 2.75) is 6.54 Å². The lowest BCUT2D eigenvalue weighted by Crippen LogP contribution is -2.36. The Hall–Kier alpha value is -2.87. The molecule has 0 fully saturated rings. The van der Waals surface area contributed by atoms with Crippen LogP contribution in [0.1, 0.15) is 11.3 Å². The Bertz CT molecular complexity index is 1080. The van der Waals surface area contributed by atoms with Crippen LogP contribution in [0.5, 0.6) is 0 Å². The van der Waals surface area contributed by atoms with Gasteiger partial charge in [0.15, 0.2) is 0 Å². The zero-order valence-corrected chi connectivity index (χ0v) is 16.9. The molecule has 1 amide bonds. The van der Waals surface area contributed by atoms with Crippen LogP contribution in [0.25, 0.3) is 6.08 Å². The summed E-state index contributed by atoms with van der Waals surface area (Å²) in [6.45, 7) is -0.452. The molecule has 0 aliphatic heterocycles. The molecule has 3 rings (SSSR count). The Balaban J connectivity index is 1.78. The number of benzene rings is 2. The molecule has 8 heteroatoms. The number of rotatable bonds is 8. The lowest BCUT2D eigenvalue weighted by Gasteiger charge is -2.19. The SMILES string of the molecule is O=C(CN(Cc1ccco1)S(=O)(=O)/C=C/c1ccccc1)Nc1cccc(Cl)c1. The molecular formula is C21H19ClN2O4S. The zero-order chi connectivity index (χ0) is 20.7. The number of amides is 1. The molecule has 0 aliphatic carbocycles. The zero-order valence-electron chi connectivity index (χ0n) is 15.4. The largest absolute Gasteiger partial charge is 0.468 e. The number of nitrogens with one attached hydrogen (secondary N) is 1. The molecule has 6 nitrogen and oxygen atoms in total. The average molecular weight is 431 g/mol. The van der Waals surface area contributed by atoms with E-state index in [1.54, 1.807) is 48.5 Å². The maximum Gasteiger partial charge on any atom is 0.239 e. The summed E-state index contributed by atoms with van der Waals surface area (Å²) in [6.07, 6.45) is 2.94. The average Bonchev–Trinajstić information content (AvgIpc) is 3.20. The van der Waals surface area contributed by atoms with Crippen molar-refractivity contribution >= 4 is 39.3 Å². The van der Waals surface area contributed by atoms with Crippen molar-refractivity contribution < 1.29 is 17.6 Å². The standard InChI is InChI=1S/C21H19ClN2O4S/c22-18-8-4-9-19(14-18)23-21(25)16-24(15-20-10-5-12-28-20)29(26,27)13-11-17-6-2-1-3-7-17/h1-14H,15-16H2,(H,23,25)/b13-11+. The highest BCUT2D eigenvalue weighted by Gasteiger charge is 2.24. The normalized spacial score (nSPS) is 11.8. The first-order chi connectivity index (χ1) is 13.9. The molecule has 29 heavy (non-hydrogen) atoms. The second-order valence-corrected chi connectivity index (χ2v) is 8.42. The minimum atomic E-state index is -3.89. The summed E-state index contributed by atoms with van der Waals surface area (Å²) in [5.74, 6) is -0.0623. The van der Waals surface area contributed by atoms with Crippen molar-refractivity contribution in [3.05, 3.63) is 94.7 Å². The summed E-state index contributed by atoms with van der Waals surface area (Å²) in [5, 5.41) is 4.20. The smallest absolute Gasteiger partial charge is 0.239 e. The van der Waals surface area contributed by atoms with Crippen molar-refractivity contribution in [1.29, 1.82) is 0 Å². The van der Waals surface area contributed by atoms with E-state index in [4.69, 9.17) is 16.0 Å². The quantitative estimate of drug-likeness (QED) is 0.575. The molecule has 1 N–H and O–H groups in total. The molecule has 0 spiro atoms. The molecule has 0 unspecified atom stereocenters. The number of hydrogen-bond acceptors (Lipinski definition) is 4. The number of furan rings is 1. The Kier molecular flexibility index (Phi) is 6.87. The van der Waals surface area contributed by atoms with Crippen LogP contribution in [-0.4, -0.2) is 25.2 Å². The fourth-order valence-corrected chi connectivity index (χ4v) is 3.85. The molecular weight excluding hydrogens is 412 g/mol. The van der Waals surface area contributed by atoms with Gasteiger partial charge in [0.2, 0.25) is 15.9 Å². The van der Waals surface area contributed by atoms with Gasteiger partial charge in [-0.1, -0.05) is 48.0 Å². The van der Waals surface area contributed by atoms with E-state index in [0.717, 1.165) is 15.3 Å². The van der Waals surface area contributed by atoms with Crippen molar-refractivity contribution in [1.82, 2.24) is 4.31 Å². The van der Waals surface area contributed by atoms with Gasteiger partial charge in [0.25, 0.3) is 0 Å². The van der Waals surface area contributed by atoms with E-state index >= 15 is 0 Å². The molecule has 2 aromatic carbocycles. The molecule has 0 bridgehead atoms. The van der Waals surface area contributed by atoms with Gasteiger partial charge in [-0.3, -0.25) is 4.79 Å². The molecule has 3 aromatic rings. The van der Waals surface area contributed by atoms with E-state index in [0.29, 0.717) is 16.5 Å². The van der Waals surface area contributed by atoms with E-state index in [-0.39, 0.29) is 13.1 Å². The summed E-state index contributed by atoms with van der Waals surface area (Å²) >= 11 is 5.92. The van der Waals surface area contributed by atoms with Crippen LogP contribution in [0, 0.1) is 0 Å². The number of carbonyl (C=O) groups excluding carboxylic acids is 1.